The summed E-state index contributed by atoms with van der Waals surface area (Å²) in [6.07, 6.45) is -2.69. The minimum Gasteiger partial charge on any atom is -0.493 e. The molecule has 10 heteroatoms. The number of fused-ring (bicyclic) bond motifs is 1. The highest BCUT2D eigenvalue weighted by Crippen LogP contribution is 2.32. The van der Waals surface area contributed by atoms with Gasteiger partial charge in [0.25, 0.3) is 0 Å². The lowest BCUT2D eigenvalue weighted by Gasteiger charge is -2.26. The second-order valence-corrected chi connectivity index (χ2v) is 6.11. The lowest BCUT2D eigenvalue weighted by atomic mass is 10.0. The minimum absolute atomic E-state index is 0.0515. The lowest BCUT2D eigenvalue weighted by Crippen LogP contribution is -2.39. The number of hydrogen-bond donors (Lipinski definition) is 2. The third kappa shape index (κ3) is 7.09. The molecule has 0 fully saturated rings. The monoisotopic (exact) mass is 429 g/mol. The number of pyridine rings is 1. The van der Waals surface area contributed by atoms with Crippen LogP contribution in [0.2, 0.25) is 0 Å². The van der Waals surface area contributed by atoms with Gasteiger partial charge in [0, 0.05) is 30.8 Å². The Morgan fingerprint density at radius 1 is 1.27 bits per heavy atom. The number of carbonyl (C=O) groups excluding carboxylic acids is 1. The quantitative estimate of drug-likeness (QED) is 0.686. The molecular formula is C20H23F4N3O3. The third-order valence-corrected chi connectivity index (χ3v) is 3.95. The topological polar surface area (TPSA) is 72.5 Å². The molecule has 1 aliphatic heterocycles. The summed E-state index contributed by atoms with van der Waals surface area (Å²) in [5.41, 5.74) is 1.06. The summed E-state index contributed by atoms with van der Waals surface area (Å²) >= 11 is 0. The Labute approximate surface area is 171 Å². The van der Waals surface area contributed by atoms with E-state index < -0.39 is 30.7 Å². The standard InChI is InChI=1S/C18H17F4N3O3.C2H6/c19-12-1-2-15-13(8-12)14(4-6-27-15)25-17(26)24-9-11-3-5-23-16(7-11)28-10-18(20,21)22;1-2/h1-3,5,7-8,14H,4,6,9-10H2,(H2,24,25,26);1-2H3. The number of halogens is 4. The number of carbonyl (C=O) groups is 1. The molecule has 0 saturated heterocycles. The number of amides is 2. The summed E-state index contributed by atoms with van der Waals surface area (Å²) in [7, 11) is 0. The third-order valence-electron chi connectivity index (χ3n) is 3.95. The Balaban J connectivity index is 0.00000155. The van der Waals surface area contributed by atoms with Crippen molar-refractivity contribution in [1.82, 2.24) is 15.6 Å². The Hall–Kier alpha value is -3.04. The number of benzene rings is 1. The van der Waals surface area contributed by atoms with Gasteiger partial charge in [-0.25, -0.2) is 14.2 Å². The van der Waals surface area contributed by atoms with Crippen LogP contribution in [-0.4, -0.2) is 30.4 Å². The Kier molecular flexibility index (Phi) is 8.25. The molecule has 2 aromatic rings. The molecule has 0 aliphatic carbocycles. The number of urea groups is 1. The van der Waals surface area contributed by atoms with E-state index in [2.05, 4.69) is 20.4 Å². The molecule has 1 aromatic carbocycles. The molecular weight excluding hydrogens is 406 g/mol. The van der Waals surface area contributed by atoms with E-state index in [1.807, 2.05) is 13.8 Å². The van der Waals surface area contributed by atoms with Gasteiger partial charge >= 0.3 is 12.2 Å². The Morgan fingerprint density at radius 2 is 2.03 bits per heavy atom. The molecule has 1 unspecified atom stereocenters. The number of alkyl halides is 3. The molecule has 1 aromatic heterocycles. The number of aromatic nitrogens is 1. The molecule has 6 nitrogen and oxygen atoms in total. The van der Waals surface area contributed by atoms with Gasteiger partial charge in [-0.1, -0.05) is 13.8 Å². The van der Waals surface area contributed by atoms with E-state index in [0.717, 1.165) is 0 Å². The van der Waals surface area contributed by atoms with Crippen molar-refractivity contribution in [2.45, 2.75) is 39.0 Å². The van der Waals surface area contributed by atoms with Crippen molar-refractivity contribution in [1.29, 1.82) is 0 Å². The first kappa shape index (κ1) is 23.2. The lowest BCUT2D eigenvalue weighted by molar-refractivity contribution is -0.154. The van der Waals surface area contributed by atoms with Gasteiger partial charge in [-0.05, 0) is 29.8 Å². The highest BCUT2D eigenvalue weighted by Gasteiger charge is 2.28. The first-order valence-electron chi connectivity index (χ1n) is 9.41. The van der Waals surface area contributed by atoms with E-state index in [9.17, 15) is 22.4 Å². The van der Waals surface area contributed by atoms with Crippen molar-refractivity contribution in [3.8, 4) is 11.6 Å². The summed E-state index contributed by atoms with van der Waals surface area (Å²) in [4.78, 5) is 15.9. The number of nitrogens with one attached hydrogen (secondary N) is 2. The zero-order valence-corrected chi connectivity index (χ0v) is 16.6. The number of nitrogens with zero attached hydrogens (tertiary/aromatic N) is 1. The van der Waals surface area contributed by atoms with E-state index in [4.69, 9.17) is 4.74 Å². The van der Waals surface area contributed by atoms with Gasteiger partial charge in [0.1, 0.15) is 11.6 Å². The molecule has 2 heterocycles. The van der Waals surface area contributed by atoms with Crippen LogP contribution in [0.15, 0.2) is 36.5 Å². The fourth-order valence-electron chi connectivity index (χ4n) is 2.70. The SMILES string of the molecule is CC.O=C(NCc1ccnc(OCC(F)(F)F)c1)NC1CCOc2ccc(F)cc21. The van der Waals surface area contributed by atoms with Crippen molar-refractivity contribution in [2.75, 3.05) is 13.2 Å². The van der Waals surface area contributed by atoms with Gasteiger partial charge in [-0.2, -0.15) is 13.2 Å². The second-order valence-electron chi connectivity index (χ2n) is 6.11. The van der Waals surface area contributed by atoms with E-state index in [1.54, 1.807) is 6.07 Å². The van der Waals surface area contributed by atoms with Crippen molar-refractivity contribution in [2.24, 2.45) is 0 Å². The molecule has 0 bridgehead atoms. The van der Waals surface area contributed by atoms with Crippen molar-refractivity contribution < 1.29 is 31.8 Å². The van der Waals surface area contributed by atoms with Crippen molar-refractivity contribution in [3.05, 3.63) is 53.5 Å². The zero-order valence-electron chi connectivity index (χ0n) is 16.6. The summed E-state index contributed by atoms with van der Waals surface area (Å²) < 4.78 is 60.1. The molecule has 1 aliphatic rings. The Morgan fingerprint density at radius 3 is 2.77 bits per heavy atom. The highest BCUT2D eigenvalue weighted by atomic mass is 19.4. The number of rotatable bonds is 5. The predicted octanol–water partition coefficient (Wildman–Crippen LogP) is 4.51. The molecule has 164 valence electrons. The molecule has 2 amide bonds. The van der Waals surface area contributed by atoms with Crippen LogP contribution < -0.4 is 20.1 Å². The molecule has 0 spiro atoms. The Bertz CT molecular complexity index is 846. The zero-order chi connectivity index (χ0) is 22.1. The van der Waals surface area contributed by atoms with Gasteiger partial charge in [-0.3, -0.25) is 0 Å². The van der Waals surface area contributed by atoms with Gasteiger partial charge in [0.05, 0.1) is 12.6 Å². The molecule has 30 heavy (non-hydrogen) atoms. The van der Waals surface area contributed by atoms with E-state index in [-0.39, 0.29) is 12.4 Å². The molecule has 3 rings (SSSR count). The maximum Gasteiger partial charge on any atom is 0.422 e. The maximum absolute atomic E-state index is 13.5. The highest BCUT2D eigenvalue weighted by molar-refractivity contribution is 5.74. The molecule has 0 radical (unpaired) electrons. The van der Waals surface area contributed by atoms with Gasteiger partial charge in [-0.15, -0.1) is 0 Å². The second kappa shape index (κ2) is 10.7. The van der Waals surface area contributed by atoms with Crippen LogP contribution in [0.1, 0.15) is 37.4 Å². The largest absolute Gasteiger partial charge is 0.493 e. The van der Waals surface area contributed by atoms with Crippen LogP contribution in [0, 0.1) is 5.82 Å². The van der Waals surface area contributed by atoms with Crippen molar-refractivity contribution in [3.63, 3.8) is 0 Å². The van der Waals surface area contributed by atoms with E-state index >= 15 is 0 Å². The van der Waals surface area contributed by atoms with Gasteiger partial charge in [0.15, 0.2) is 6.61 Å². The van der Waals surface area contributed by atoms with Crippen LogP contribution in [0.4, 0.5) is 22.4 Å². The van der Waals surface area contributed by atoms with Gasteiger partial charge in [0.2, 0.25) is 5.88 Å². The summed E-state index contributed by atoms with van der Waals surface area (Å²) in [6.45, 7) is 2.99. The average molecular weight is 429 g/mol. The minimum atomic E-state index is -4.46. The molecule has 0 saturated carbocycles. The fourth-order valence-corrected chi connectivity index (χ4v) is 2.70. The average Bonchev–Trinajstić information content (AvgIpc) is 2.72. The number of ether oxygens (including phenoxy) is 2. The van der Waals surface area contributed by atoms with Crippen LogP contribution in [0.25, 0.3) is 0 Å². The summed E-state index contributed by atoms with van der Waals surface area (Å²) in [5.74, 6) is -0.107. The van der Waals surface area contributed by atoms with Crippen LogP contribution >= 0.6 is 0 Å². The van der Waals surface area contributed by atoms with Crippen LogP contribution in [0.3, 0.4) is 0 Å². The normalized spacial score (nSPS) is 15.1. The number of hydrogen-bond acceptors (Lipinski definition) is 4. The van der Waals surface area contributed by atoms with E-state index in [0.29, 0.717) is 29.9 Å². The van der Waals surface area contributed by atoms with Crippen molar-refractivity contribution >= 4 is 6.03 Å². The maximum atomic E-state index is 13.5. The molecule has 1 atom stereocenters. The first-order valence-corrected chi connectivity index (χ1v) is 9.41. The van der Waals surface area contributed by atoms with Crippen LogP contribution in [0.5, 0.6) is 11.6 Å². The van der Waals surface area contributed by atoms with E-state index in [1.165, 1.54) is 30.5 Å². The summed E-state index contributed by atoms with van der Waals surface area (Å²) in [5, 5.41) is 5.34. The predicted molar refractivity (Wildman–Crippen MR) is 102 cm³/mol. The fraction of sp³-hybridized carbons (Fsp3) is 0.400. The molecule has 2 N–H and O–H groups in total. The first-order chi connectivity index (χ1) is 14.3. The van der Waals surface area contributed by atoms with Crippen LogP contribution in [-0.2, 0) is 6.54 Å². The summed E-state index contributed by atoms with van der Waals surface area (Å²) in [6, 6.07) is 6.04. The smallest absolute Gasteiger partial charge is 0.422 e. The van der Waals surface area contributed by atoms with Gasteiger partial charge < -0.3 is 20.1 Å².